The van der Waals surface area contributed by atoms with Gasteiger partial charge in [0.2, 0.25) is 0 Å². The van der Waals surface area contributed by atoms with Gasteiger partial charge in [-0.25, -0.2) is 4.68 Å². The van der Waals surface area contributed by atoms with Crippen molar-refractivity contribution in [2.24, 2.45) is 4.99 Å². The maximum atomic E-state index is 14.1. The minimum Gasteiger partial charge on any atom is -0.268 e. The summed E-state index contributed by atoms with van der Waals surface area (Å²) in [5.41, 5.74) is 3.36. The molecule has 5 rings (SSSR count). The van der Waals surface area contributed by atoms with Crippen LogP contribution in [0.2, 0.25) is 5.02 Å². The van der Waals surface area contributed by atoms with E-state index in [4.69, 9.17) is 21.7 Å². The molecule has 2 aromatic heterocycles. The van der Waals surface area contributed by atoms with Crippen LogP contribution in [-0.4, -0.2) is 37.6 Å². The molecule has 8 heteroatoms. The number of carbonyl (C=O) groups is 1. The van der Waals surface area contributed by atoms with E-state index in [2.05, 4.69) is 4.98 Å². The monoisotopic (exact) mass is 473 g/mol. The molecular formula is C25H20ClN5OS. The highest BCUT2D eigenvalue weighted by atomic mass is 35.5. The van der Waals surface area contributed by atoms with E-state index < -0.39 is 0 Å². The van der Waals surface area contributed by atoms with Gasteiger partial charge in [-0.2, -0.15) is 5.10 Å². The van der Waals surface area contributed by atoms with Crippen molar-refractivity contribution < 1.29 is 4.79 Å². The summed E-state index contributed by atoms with van der Waals surface area (Å²) in [5, 5.41) is 6.04. The number of amidine groups is 1. The summed E-state index contributed by atoms with van der Waals surface area (Å²) in [6.07, 6.45) is 5.18. The lowest BCUT2D eigenvalue weighted by molar-refractivity contribution is 0.100. The third kappa shape index (κ3) is 4.42. The summed E-state index contributed by atoms with van der Waals surface area (Å²) in [7, 11) is 0. The van der Waals surface area contributed by atoms with Crippen LogP contribution in [0.15, 0.2) is 90.3 Å². The van der Waals surface area contributed by atoms with Gasteiger partial charge in [-0.1, -0.05) is 41.6 Å². The highest BCUT2D eigenvalue weighted by molar-refractivity contribution is 8.14. The van der Waals surface area contributed by atoms with E-state index in [-0.39, 0.29) is 11.9 Å². The van der Waals surface area contributed by atoms with Crippen LogP contribution in [0, 0.1) is 0 Å². The first-order valence-electron chi connectivity index (χ1n) is 10.5. The smallest absolute Gasteiger partial charge is 0.268 e. The predicted octanol–water partition coefficient (Wildman–Crippen LogP) is 5.73. The Morgan fingerprint density at radius 1 is 1.09 bits per heavy atom. The standard InChI is InChI=1S/C25H20ClN5OS/c1-17-16-33-25(28-17)31(21-11-9-19(26)10-12-21)24(32)22-15-30(20-7-3-2-4-8-20)29-23(22)18-6-5-13-27-14-18/h2-15,17H,16H2,1H3. The molecule has 1 aliphatic heterocycles. The molecule has 33 heavy (non-hydrogen) atoms. The molecule has 0 bridgehead atoms. The first-order valence-corrected chi connectivity index (χ1v) is 11.8. The van der Waals surface area contributed by atoms with Crippen LogP contribution in [-0.2, 0) is 0 Å². The highest BCUT2D eigenvalue weighted by Gasteiger charge is 2.31. The largest absolute Gasteiger partial charge is 0.268 e. The quantitative estimate of drug-likeness (QED) is 0.380. The number of hydrogen-bond acceptors (Lipinski definition) is 5. The minimum atomic E-state index is -0.210. The van der Waals surface area contributed by atoms with Crippen molar-refractivity contribution in [2.75, 3.05) is 10.7 Å². The lowest BCUT2D eigenvalue weighted by Gasteiger charge is -2.22. The maximum Gasteiger partial charge on any atom is 0.268 e. The first-order chi connectivity index (χ1) is 16.1. The molecular weight excluding hydrogens is 454 g/mol. The van der Waals surface area contributed by atoms with Gasteiger partial charge in [0.15, 0.2) is 5.17 Å². The second-order valence-electron chi connectivity index (χ2n) is 7.60. The van der Waals surface area contributed by atoms with Crippen LogP contribution in [0.3, 0.4) is 0 Å². The Kier molecular flexibility index (Phi) is 5.98. The fraction of sp³-hybridized carbons (Fsp3) is 0.120. The number of thioether (sulfide) groups is 1. The number of pyridine rings is 1. The zero-order valence-corrected chi connectivity index (χ0v) is 19.4. The molecule has 0 N–H and O–H groups in total. The van der Waals surface area contributed by atoms with Gasteiger partial charge in [-0.3, -0.25) is 19.7 Å². The third-order valence-electron chi connectivity index (χ3n) is 5.16. The molecule has 1 unspecified atom stereocenters. The average molecular weight is 474 g/mol. The molecule has 0 saturated carbocycles. The lowest BCUT2D eigenvalue weighted by atomic mass is 10.1. The Bertz CT molecular complexity index is 1310. The predicted molar refractivity (Wildman–Crippen MR) is 134 cm³/mol. The van der Waals surface area contributed by atoms with Crippen molar-refractivity contribution in [1.29, 1.82) is 0 Å². The first kappa shape index (κ1) is 21.4. The van der Waals surface area contributed by atoms with Crippen molar-refractivity contribution in [3.63, 3.8) is 0 Å². The molecule has 1 amide bonds. The number of anilines is 1. The van der Waals surface area contributed by atoms with Crippen LogP contribution in [0.4, 0.5) is 5.69 Å². The van der Waals surface area contributed by atoms with E-state index in [9.17, 15) is 4.79 Å². The van der Waals surface area contributed by atoms with Gasteiger partial charge in [-0.05, 0) is 55.5 Å². The fourth-order valence-corrected chi connectivity index (χ4v) is 4.73. The van der Waals surface area contributed by atoms with E-state index in [1.54, 1.807) is 52.1 Å². The topological polar surface area (TPSA) is 63.4 Å². The molecule has 0 radical (unpaired) electrons. The summed E-state index contributed by atoms with van der Waals surface area (Å²) in [5.74, 6) is 0.615. The summed E-state index contributed by atoms with van der Waals surface area (Å²) >= 11 is 7.68. The van der Waals surface area contributed by atoms with Gasteiger partial charge in [0.05, 0.1) is 23.0 Å². The second kappa shape index (κ2) is 9.21. The number of para-hydroxylation sites is 1. The van der Waals surface area contributed by atoms with Crippen LogP contribution in [0.25, 0.3) is 16.9 Å². The summed E-state index contributed by atoms with van der Waals surface area (Å²) in [4.78, 5) is 24.7. The summed E-state index contributed by atoms with van der Waals surface area (Å²) in [6.45, 7) is 2.04. The van der Waals surface area contributed by atoms with Crippen molar-refractivity contribution in [2.45, 2.75) is 13.0 Å². The number of benzene rings is 2. The number of nitrogens with zero attached hydrogens (tertiary/aromatic N) is 5. The Labute approximate surface area is 200 Å². The lowest BCUT2D eigenvalue weighted by Crippen LogP contribution is -2.34. The molecule has 164 valence electrons. The van der Waals surface area contributed by atoms with Crippen molar-refractivity contribution >= 4 is 40.1 Å². The summed E-state index contributed by atoms with van der Waals surface area (Å²) in [6, 6.07) is 20.8. The zero-order chi connectivity index (χ0) is 22.8. The molecule has 4 aromatic rings. The van der Waals surface area contributed by atoms with Crippen LogP contribution in [0.1, 0.15) is 17.3 Å². The number of amides is 1. The van der Waals surface area contributed by atoms with Crippen molar-refractivity contribution in [3.8, 4) is 16.9 Å². The molecule has 0 saturated heterocycles. The number of hydrogen-bond donors (Lipinski definition) is 0. The van der Waals surface area contributed by atoms with E-state index >= 15 is 0 Å². The van der Waals surface area contributed by atoms with E-state index in [1.807, 2.05) is 61.5 Å². The van der Waals surface area contributed by atoms with Gasteiger partial charge in [0, 0.05) is 34.9 Å². The zero-order valence-electron chi connectivity index (χ0n) is 17.8. The van der Waals surface area contributed by atoms with Gasteiger partial charge in [0.1, 0.15) is 5.69 Å². The van der Waals surface area contributed by atoms with Gasteiger partial charge < -0.3 is 0 Å². The second-order valence-corrected chi connectivity index (χ2v) is 9.03. The third-order valence-corrected chi connectivity index (χ3v) is 6.61. The maximum absolute atomic E-state index is 14.1. The minimum absolute atomic E-state index is 0.137. The molecule has 3 heterocycles. The Hall–Kier alpha value is -3.42. The van der Waals surface area contributed by atoms with E-state index in [0.717, 1.165) is 17.0 Å². The summed E-state index contributed by atoms with van der Waals surface area (Å²) < 4.78 is 1.72. The van der Waals surface area contributed by atoms with Crippen LogP contribution in [0.5, 0.6) is 0 Å². The molecule has 6 nitrogen and oxygen atoms in total. The number of aromatic nitrogens is 3. The highest BCUT2D eigenvalue weighted by Crippen LogP contribution is 2.31. The molecule has 1 aliphatic rings. The van der Waals surface area contributed by atoms with Crippen molar-refractivity contribution in [3.05, 3.63) is 95.9 Å². The normalized spacial score (nSPS) is 15.3. The molecule has 2 aromatic carbocycles. The Morgan fingerprint density at radius 3 is 2.55 bits per heavy atom. The number of aliphatic imine (C=N–C) groups is 1. The average Bonchev–Trinajstić information content (AvgIpc) is 3.48. The molecule has 0 fully saturated rings. The van der Waals surface area contributed by atoms with Crippen LogP contribution < -0.4 is 4.90 Å². The number of halogens is 1. The molecule has 1 atom stereocenters. The molecule has 0 aliphatic carbocycles. The molecule has 0 spiro atoms. The Balaban J connectivity index is 1.65. The van der Waals surface area contributed by atoms with Gasteiger partial charge in [0.25, 0.3) is 5.91 Å². The Morgan fingerprint density at radius 2 is 1.88 bits per heavy atom. The van der Waals surface area contributed by atoms with Gasteiger partial charge >= 0.3 is 0 Å². The fourth-order valence-electron chi connectivity index (χ4n) is 3.57. The van der Waals surface area contributed by atoms with E-state index in [1.165, 1.54) is 0 Å². The van der Waals surface area contributed by atoms with E-state index in [0.29, 0.717) is 27.1 Å². The SMILES string of the molecule is CC1CSC(N(C(=O)c2cn(-c3ccccc3)nc2-c2cccnc2)c2ccc(Cl)cc2)=N1. The van der Waals surface area contributed by atoms with Crippen LogP contribution >= 0.6 is 23.4 Å². The number of carbonyl (C=O) groups excluding carboxylic acids is 1. The van der Waals surface area contributed by atoms with Crippen molar-refractivity contribution in [1.82, 2.24) is 14.8 Å². The number of rotatable bonds is 4. The van der Waals surface area contributed by atoms with Gasteiger partial charge in [-0.15, -0.1) is 0 Å².